The van der Waals surface area contributed by atoms with Crippen LogP contribution in [0.2, 0.25) is 0 Å². The third-order valence-corrected chi connectivity index (χ3v) is 1.29. The van der Waals surface area contributed by atoms with Crippen LogP contribution in [0.15, 0.2) is 0 Å². The number of amides is 1. The van der Waals surface area contributed by atoms with E-state index in [0.717, 1.165) is 0 Å². The summed E-state index contributed by atoms with van der Waals surface area (Å²) < 4.78 is 9.50. The summed E-state index contributed by atoms with van der Waals surface area (Å²) in [7, 11) is 0. The van der Waals surface area contributed by atoms with Crippen LogP contribution in [0.5, 0.6) is 0 Å². The lowest BCUT2D eigenvalue weighted by molar-refractivity contribution is 0.0890. The van der Waals surface area contributed by atoms with Gasteiger partial charge in [0.1, 0.15) is 6.61 Å². The van der Waals surface area contributed by atoms with Gasteiger partial charge in [0.2, 0.25) is 0 Å². The topological polar surface area (TPSA) is 88.0 Å². The number of hydrogen-bond donors (Lipinski definition) is 3. The number of carbonyl (C=O) groups excluding carboxylic acids is 1. The minimum atomic E-state index is -0.541. The molecule has 14 heavy (non-hydrogen) atoms. The normalized spacial score (nSPS) is 9.86. The monoisotopic (exact) mass is 207 g/mol. The average Bonchev–Trinajstić information content (AvgIpc) is 2.20. The van der Waals surface area contributed by atoms with Crippen molar-refractivity contribution in [3.8, 4) is 0 Å². The van der Waals surface area contributed by atoms with E-state index in [9.17, 15) is 4.79 Å². The molecule has 0 aliphatic rings. The number of alkyl carbamates (subject to hydrolysis) is 1. The van der Waals surface area contributed by atoms with Gasteiger partial charge in [0.25, 0.3) is 0 Å². The van der Waals surface area contributed by atoms with Gasteiger partial charge in [0, 0.05) is 13.2 Å². The van der Waals surface area contributed by atoms with Crippen LogP contribution in [0.25, 0.3) is 0 Å². The summed E-state index contributed by atoms with van der Waals surface area (Å²) in [6.45, 7) is 1.09. The fourth-order valence-corrected chi connectivity index (χ4v) is 0.721. The second-order valence-corrected chi connectivity index (χ2v) is 2.48. The van der Waals surface area contributed by atoms with E-state index in [1.54, 1.807) is 0 Å². The molecule has 0 atom stereocenters. The molecule has 0 aliphatic carbocycles. The number of rotatable bonds is 8. The van der Waals surface area contributed by atoms with Crippen molar-refractivity contribution < 1.29 is 24.5 Å². The van der Waals surface area contributed by atoms with Crippen molar-refractivity contribution in [2.24, 2.45) is 0 Å². The summed E-state index contributed by atoms with van der Waals surface area (Å²) in [5.41, 5.74) is 0. The largest absolute Gasteiger partial charge is 0.447 e. The van der Waals surface area contributed by atoms with E-state index >= 15 is 0 Å². The molecule has 0 aromatic heterocycles. The molecule has 0 saturated carbocycles. The van der Waals surface area contributed by atoms with Gasteiger partial charge in [-0.2, -0.15) is 0 Å². The van der Waals surface area contributed by atoms with Crippen molar-refractivity contribution in [1.29, 1.82) is 0 Å². The third kappa shape index (κ3) is 9.24. The van der Waals surface area contributed by atoms with Crippen LogP contribution in [0.4, 0.5) is 4.79 Å². The van der Waals surface area contributed by atoms with Crippen LogP contribution in [0.1, 0.15) is 6.42 Å². The van der Waals surface area contributed by atoms with Gasteiger partial charge in [-0.3, -0.25) is 0 Å². The Morgan fingerprint density at radius 1 is 1.14 bits per heavy atom. The van der Waals surface area contributed by atoms with Crippen LogP contribution >= 0.6 is 0 Å². The Morgan fingerprint density at radius 2 is 1.86 bits per heavy atom. The summed E-state index contributed by atoms with van der Waals surface area (Å²) in [5.74, 6) is 0. The molecule has 0 aromatic rings. The number of aliphatic hydroxyl groups excluding tert-OH is 2. The highest BCUT2D eigenvalue weighted by molar-refractivity contribution is 5.66. The van der Waals surface area contributed by atoms with Gasteiger partial charge in [0.15, 0.2) is 0 Å². The summed E-state index contributed by atoms with van der Waals surface area (Å²) in [5, 5.41) is 19.2. The molecule has 0 radical (unpaired) electrons. The molecule has 0 aromatic carbocycles. The summed E-state index contributed by atoms with van der Waals surface area (Å²) in [6.07, 6.45) is 0.120. The van der Waals surface area contributed by atoms with Gasteiger partial charge in [-0.05, 0) is 6.42 Å². The van der Waals surface area contributed by atoms with E-state index in [4.69, 9.17) is 14.9 Å². The van der Waals surface area contributed by atoms with E-state index in [1.165, 1.54) is 0 Å². The zero-order chi connectivity index (χ0) is 10.6. The lowest BCUT2D eigenvalue weighted by Crippen LogP contribution is -2.27. The summed E-state index contributed by atoms with van der Waals surface area (Å²) in [4.78, 5) is 10.8. The number of aliphatic hydroxyl groups is 2. The fourth-order valence-electron chi connectivity index (χ4n) is 0.721. The molecular weight excluding hydrogens is 190 g/mol. The predicted octanol–water partition coefficient (Wildman–Crippen LogP) is -0.896. The molecular formula is C8H17NO5. The molecule has 0 spiro atoms. The Balaban J connectivity index is 3.07. The second kappa shape index (κ2) is 10.2. The van der Waals surface area contributed by atoms with Crippen molar-refractivity contribution in [3.05, 3.63) is 0 Å². The number of nitrogens with one attached hydrogen (secondary N) is 1. The first-order valence-electron chi connectivity index (χ1n) is 4.51. The molecule has 0 aliphatic heterocycles. The molecule has 1 amide bonds. The zero-order valence-corrected chi connectivity index (χ0v) is 8.07. The minimum absolute atomic E-state index is 0.00592. The molecule has 0 unspecified atom stereocenters. The highest BCUT2D eigenvalue weighted by Crippen LogP contribution is 1.82. The zero-order valence-electron chi connectivity index (χ0n) is 8.07. The SMILES string of the molecule is O=C(NCCCOCCO)OCCO. The van der Waals surface area contributed by atoms with E-state index in [-0.39, 0.29) is 19.8 Å². The maximum absolute atomic E-state index is 10.8. The minimum Gasteiger partial charge on any atom is -0.447 e. The maximum atomic E-state index is 10.8. The molecule has 0 fully saturated rings. The van der Waals surface area contributed by atoms with Gasteiger partial charge in [-0.1, -0.05) is 0 Å². The lowest BCUT2D eigenvalue weighted by atomic mass is 10.4. The van der Waals surface area contributed by atoms with Crippen molar-refractivity contribution >= 4 is 6.09 Å². The number of carbonyl (C=O) groups is 1. The summed E-state index contributed by atoms with van der Waals surface area (Å²) >= 11 is 0. The Bertz CT molecular complexity index is 142. The molecule has 0 bridgehead atoms. The van der Waals surface area contributed by atoms with Gasteiger partial charge in [-0.15, -0.1) is 0 Å². The maximum Gasteiger partial charge on any atom is 0.407 e. The third-order valence-electron chi connectivity index (χ3n) is 1.29. The summed E-state index contributed by atoms with van der Waals surface area (Å²) in [6, 6.07) is 0. The highest BCUT2D eigenvalue weighted by atomic mass is 16.6. The second-order valence-electron chi connectivity index (χ2n) is 2.48. The molecule has 3 N–H and O–H groups in total. The molecule has 0 rings (SSSR count). The van der Waals surface area contributed by atoms with Crippen LogP contribution in [-0.4, -0.2) is 55.9 Å². The van der Waals surface area contributed by atoms with Crippen molar-refractivity contribution in [2.75, 3.05) is 39.6 Å². The van der Waals surface area contributed by atoms with Crippen LogP contribution in [0, 0.1) is 0 Å². The lowest BCUT2D eigenvalue weighted by Gasteiger charge is -2.05. The van der Waals surface area contributed by atoms with Gasteiger partial charge in [0.05, 0.1) is 19.8 Å². The molecule has 6 nitrogen and oxygen atoms in total. The Kier molecular flexibility index (Phi) is 9.61. The standard InChI is InChI=1S/C8H17NO5/c10-3-6-13-5-1-2-9-8(12)14-7-4-11/h10-11H,1-7H2,(H,9,12). The van der Waals surface area contributed by atoms with E-state index in [1.807, 2.05) is 0 Å². The van der Waals surface area contributed by atoms with E-state index in [0.29, 0.717) is 26.2 Å². The number of hydrogen-bond acceptors (Lipinski definition) is 5. The Morgan fingerprint density at radius 3 is 2.50 bits per heavy atom. The first-order valence-corrected chi connectivity index (χ1v) is 4.51. The first-order chi connectivity index (χ1) is 6.81. The van der Waals surface area contributed by atoms with Crippen molar-refractivity contribution in [2.45, 2.75) is 6.42 Å². The van der Waals surface area contributed by atoms with Gasteiger partial charge >= 0.3 is 6.09 Å². The van der Waals surface area contributed by atoms with Crippen LogP contribution in [0.3, 0.4) is 0 Å². The van der Waals surface area contributed by atoms with Crippen LogP contribution < -0.4 is 5.32 Å². The molecule has 0 heterocycles. The fraction of sp³-hybridized carbons (Fsp3) is 0.875. The molecule has 0 saturated heterocycles. The van der Waals surface area contributed by atoms with Crippen LogP contribution in [-0.2, 0) is 9.47 Å². The van der Waals surface area contributed by atoms with Gasteiger partial charge in [-0.25, -0.2) is 4.79 Å². The smallest absolute Gasteiger partial charge is 0.407 e. The quantitative estimate of drug-likeness (QED) is 0.449. The predicted molar refractivity (Wildman–Crippen MR) is 49.0 cm³/mol. The Labute approximate surface area is 82.8 Å². The Hall–Kier alpha value is -0.850. The average molecular weight is 207 g/mol. The first kappa shape index (κ1) is 13.2. The molecule has 84 valence electrons. The van der Waals surface area contributed by atoms with E-state index in [2.05, 4.69) is 10.1 Å². The highest BCUT2D eigenvalue weighted by Gasteiger charge is 1.98. The number of ether oxygens (including phenoxy) is 2. The van der Waals surface area contributed by atoms with Crippen molar-refractivity contribution in [1.82, 2.24) is 5.32 Å². The van der Waals surface area contributed by atoms with E-state index < -0.39 is 6.09 Å². The van der Waals surface area contributed by atoms with Gasteiger partial charge < -0.3 is 25.0 Å². The molecule has 6 heteroatoms. The van der Waals surface area contributed by atoms with Crippen molar-refractivity contribution in [3.63, 3.8) is 0 Å².